The van der Waals surface area contributed by atoms with E-state index in [4.69, 9.17) is 0 Å². The molecule has 0 aliphatic heterocycles. The molecule has 1 fully saturated rings. The first kappa shape index (κ1) is 12.2. The topological polar surface area (TPSA) is 3.24 Å². The molecule has 0 aromatic heterocycles. The van der Waals surface area contributed by atoms with E-state index in [9.17, 15) is 0 Å². The summed E-state index contributed by atoms with van der Waals surface area (Å²) in [6, 6.07) is 7.81. The highest BCUT2D eigenvalue weighted by molar-refractivity contribution is 5.40. The zero-order chi connectivity index (χ0) is 12.5. The van der Waals surface area contributed by atoms with Crippen molar-refractivity contribution in [1.29, 1.82) is 0 Å². The molecule has 1 nitrogen and oxygen atoms in total. The first-order chi connectivity index (χ1) is 8.75. The Morgan fingerprint density at radius 1 is 1.06 bits per heavy atom. The normalized spacial score (nSPS) is 24.5. The number of benzene rings is 1. The summed E-state index contributed by atoms with van der Waals surface area (Å²) in [6.07, 6.45) is 9.59. The molecule has 0 N–H and O–H groups in total. The fourth-order valence-electron chi connectivity index (χ4n) is 3.86. The highest BCUT2D eigenvalue weighted by Crippen LogP contribution is 2.38. The highest BCUT2D eigenvalue weighted by atomic mass is 15.1. The van der Waals surface area contributed by atoms with Gasteiger partial charge in [-0.05, 0) is 68.8 Å². The van der Waals surface area contributed by atoms with Crippen molar-refractivity contribution in [2.45, 2.75) is 56.9 Å². The Bertz CT molecular complexity index is 416. The number of hydrogen-bond donors (Lipinski definition) is 0. The largest absolute Gasteiger partial charge is 0.306 e. The van der Waals surface area contributed by atoms with Gasteiger partial charge in [-0.25, -0.2) is 0 Å². The molecule has 0 spiro atoms. The number of hydrogen-bond acceptors (Lipinski definition) is 1. The number of nitrogens with zero attached hydrogens (tertiary/aromatic N) is 1. The van der Waals surface area contributed by atoms with Gasteiger partial charge in [0.1, 0.15) is 0 Å². The minimum atomic E-state index is 0.750. The SMILES string of the molecule is CN(C)C1CCc2cccc(C3CCCC3)c2C1. The van der Waals surface area contributed by atoms with Gasteiger partial charge in [0.15, 0.2) is 0 Å². The molecule has 1 saturated carbocycles. The molecule has 18 heavy (non-hydrogen) atoms. The lowest BCUT2D eigenvalue weighted by Gasteiger charge is -2.32. The van der Waals surface area contributed by atoms with Crippen molar-refractivity contribution in [3.63, 3.8) is 0 Å². The van der Waals surface area contributed by atoms with Crippen LogP contribution in [0.3, 0.4) is 0 Å². The van der Waals surface area contributed by atoms with E-state index < -0.39 is 0 Å². The van der Waals surface area contributed by atoms with E-state index in [1.165, 1.54) is 44.9 Å². The van der Waals surface area contributed by atoms with E-state index >= 15 is 0 Å². The van der Waals surface area contributed by atoms with Crippen LogP contribution in [0.4, 0.5) is 0 Å². The second kappa shape index (κ2) is 5.05. The monoisotopic (exact) mass is 243 g/mol. The van der Waals surface area contributed by atoms with Crippen LogP contribution in [0, 0.1) is 0 Å². The third-order valence-electron chi connectivity index (χ3n) is 5.02. The van der Waals surface area contributed by atoms with Crippen LogP contribution in [0.15, 0.2) is 18.2 Å². The van der Waals surface area contributed by atoms with Crippen molar-refractivity contribution in [2.75, 3.05) is 14.1 Å². The number of likely N-dealkylation sites (N-methyl/N-ethyl adjacent to an activating group) is 1. The molecule has 1 unspecified atom stereocenters. The van der Waals surface area contributed by atoms with Crippen LogP contribution >= 0.6 is 0 Å². The van der Waals surface area contributed by atoms with Crippen LogP contribution in [-0.4, -0.2) is 25.0 Å². The van der Waals surface area contributed by atoms with Gasteiger partial charge in [0.25, 0.3) is 0 Å². The van der Waals surface area contributed by atoms with Gasteiger partial charge in [0.2, 0.25) is 0 Å². The lowest BCUT2D eigenvalue weighted by molar-refractivity contribution is 0.267. The van der Waals surface area contributed by atoms with E-state index in [0.717, 1.165) is 12.0 Å². The molecule has 0 saturated heterocycles. The van der Waals surface area contributed by atoms with Crippen LogP contribution in [0.25, 0.3) is 0 Å². The Kier molecular flexibility index (Phi) is 3.43. The van der Waals surface area contributed by atoms with E-state index in [2.05, 4.69) is 37.2 Å². The van der Waals surface area contributed by atoms with Crippen molar-refractivity contribution in [3.8, 4) is 0 Å². The summed E-state index contributed by atoms with van der Waals surface area (Å²) in [5, 5.41) is 0. The molecule has 0 heterocycles. The molecule has 3 rings (SSSR count). The van der Waals surface area contributed by atoms with E-state index in [1.807, 2.05) is 0 Å². The molecule has 1 aromatic carbocycles. The van der Waals surface area contributed by atoms with Crippen LogP contribution in [0.1, 0.15) is 54.7 Å². The van der Waals surface area contributed by atoms with Gasteiger partial charge in [-0.1, -0.05) is 31.0 Å². The van der Waals surface area contributed by atoms with Gasteiger partial charge in [0, 0.05) is 6.04 Å². The maximum atomic E-state index is 2.41. The summed E-state index contributed by atoms with van der Waals surface area (Å²) >= 11 is 0. The smallest absolute Gasteiger partial charge is 0.0133 e. The maximum Gasteiger partial charge on any atom is 0.0133 e. The third kappa shape index (κ3) is 2.21. The molecule has 1 heteroatoms. The van der Waals surface area contributed by atoms with Gasteiger partial charge >= 0.3 is 0 Å². The minimum absolute atomic E-state index is 0.750. The molecular formula is C17H25N. The zero-order valence-corrected chi connectivity index (χ0v) is 11.8. The predicted molar refractivity (Wildman–Crippen MR) is 77.2 cm³/mol. The van der Waals surface area contributed by atoms with Crippen LogP contribution in [0.5, 0.6) is 0 Å². The molecule has 1 atom stereocenters. The molecular weight excluding hydrogens is 218 g/mol. The van der Waals surface area contributed by atoms with E-state index in [-0.39, 0.29) is 0 Å². The quantitative estimate of drug-likeness (QED) is 0.764. The van der Waals surface area contributed by atoms with Crippen molar-refractivity contribution < 1.29 is 0 Å². The Hall–Kier alpha value is -0.820. The standard InChI is InChI=1S/C17H25N/c1-18(2)15-11-10-14-8-5-9-16(17(14)12-15)13-6-3-4-7-13/h5,8-9,13,15H,3-4,6-7,10-12H2,1-2H3. The first-order valence-corrected chi connectivity index (χ1v) is 7.53. The predicted octanol–water partition coefficient (Wildman–Crippen LogP) is 3.76. The maximum absolute atomic E-state index is 2.41. The Morgan fingerprint density at radius 2 is 1.83 bits per heavy atom. The molecule has 2 aliphatic rings. The summed E-state index contributed by atoms with van der Waals surface area (Å²) in [7, 11) is 4.46. The van der Waals surface area contributed by atoms with Crippen molar-refractivity contribution in [3.05, 3.63) is 34.9 Å². The highest BCUT2D eigenvalue weighted by Gasteiger charge is 2.26. The van der Waals surface area contributed by atoms with Gasteiger partial charge < -0.3 is 4.90 Å². The van der Waals surface area contributed by atoms with E-state index in [0.29, 0.717) is 0 Å². The number of aryl methyl sites for hydroxylation is 1. The van der Waals surface area contributed by atoms with Crippen molar-refractivity contribution >= 4 is 0 Å². The van der Waals surface area contributed by atoms with Gasteiger partial charge in [-0.15, -0.1) is 0 Å². The fourth-order valence-corrected chi connectivity index (χ4v) is 3.86. The lowest BCUT2D eigenvalue weighted by Crippen LogP contribution is -2.34. The Labute approximate surface area is 111 Å². The van der Waals surface area contributed by atoms with Crippen molar-refractivity contribution in [1.82, 2.24) is 4.90 Å². The summed E-state index contributed by atoms with van der Waals surface area (Å²) in [5.41, 5.74) is 5.03. The molecule has 0 bridgehead atoms. The fraction of sp³-hybridized carbons (Fsp3) is 0.647. The molecule has 0 amide bonds. The van der Waals surface area contributed by atoms with Crippen molar-refractivity contribution in [2.24, 2.45) is 0 Å². The number of fused-ring (bicyclic) bond motifs is 1. The van der Waals surface area contributed by atoms with Gasteiger partial charge in [0.05, 0.1) is 0 Å². The van der Waals surface area contributed by atoms with Crippen LogP contribution in [0.2, 0.25) is 0 Å². The third-order valence-corrected chi connectivity index (χ3v) is 5.02. The summed E-state index contributed by atoms with van der Waals surface area (Å²) in [5.74, 6) is 0.862. The Morgan fingerprint density at radius 3 is 2.56 bits per heavy atom. The summed E-state index contributed by atoms with van der Waals surface area (Å²) < 4.78 is 0. The molecule has 2 aliphatic carbocycles. The summed E-state index contributed by atoms with van der Waals surface area (Å²) in [4.78, 5) is 2.41. The molecule has 1 aromatic rings. The van der Waals surface area contributed by atoms with Crippen LogP contribution < -0.4 is 0 Å². The second-order valence-electron chi connectivity index (χ2n) is 6.33. The second-order valence-corrected chi connectivity index (χ2v) is 6.33. The number of rotatable bonds is 2. The van der Waals surface area contributed by atoms with Crippen LogP contribution in [-0.2, 0) is 12.8 Å². The van der Waals surface area contributed by atoms with Gasteiger partial charge in [-0.2, -0.15) is 0 Å². The van der Waals surface area contributed by atoms with E-state index in [1.54, 1.807) is 16.7 Å². The molecule has 0 radical (unpaired) electrons. The first-order valence-electron chi connectivity index (χ1n) is 7.53. The molecule has 98 valence electrons. The summed E-state index contributed by atoms with van der Waals surface area (Å²) in [6.45, 7) is 0. The minimum Gasteiger partial charge on any atom is -0.306 e. The lowest BCUT2D eigenvalue weighted by atomic mass is 9.81. The van der Waals surface area contributed by atoms with Gasteiger partial charge in [-0.3, -0.25) is 0 Å². The zero-order valence-electron chi connectivity index (χ0n) is 11.8. The average molecular weight is 243 g/mol. The average Bonchev–Trinajstić information content (AvgIpc) is 2.91. The Balaban J connectivity index is 1.92.